The van der Waals surface area contributed by atoms with Gasteiger partial charge >= 0.3 is 5.97 Å². The molecule has 0 aromatic heterocycles. The number of hydrogen-bond donors (Lipinski definition) is 3. The third-order valence-electron chi connectivity index (χ3n) is 5.75. The second-order valence-corrected chi connectivity index (χ2v) is 8.31. The van der Waals surface area contributed by atoms with E-state index in [2.05, 4.69) is 16.7 Å². The zero-order valence-electron chi connectivity index (χ0n) is 20.5. The summed E-state index contributed by atoms with van der Waals surface area (Å²) < 4.78 is 11.5. The van der Waals surface area contributed by atoms with E-state index >= 15 is 0 Å². The summed E-state index contributed by atoms with van der Waals surface area (Å²) in [5.74, 6) is -0.0367. The number of amides is 1. The average molecular weight is 508 g/mol. The molecule has 4 rings (SSSR count). The quantitative estimate of drug-likeness (QED) is 0.258. The fourth-order valence-electron chi connectivity index (χ4n) is 3.74. The van der Waals surface area contributed by atoms with Gasteiger partial charge in [-0.1, -0.05) is 36.4 Å². The van der Waals surface area contributed by atoms with E-state index in [4.69, 9.17) is 19.8 Å². The Hall–Kier alpha value is -5.29. The number of nitrogens with one attached hydrogen (secondary N) is 2. The number of hydrogen-bond acceptors (Lipinski definition) is 6. The Labute approximate surface area is 220 Å². The molecule has 4 aromatic carbocycles. The van der Waals surface area contributed by atoms with Crippen LogP contribution in [0, 0.1) is 11.3 Å². The highest BCUT2D eigenvalue weighted by Crippen LogP contribution is 2.35. The molecule has 4 aromatic rings. The van der Waals surface area contributed by atoms with Crippen molar-refractivity contribution < 1.29 is 24.2 Å². The van der Waals surface area contributed by atoms with Gasteiger partial charge in [0.05, 0.1) is 24.3 Å². The van der Waals surface area contributed by atoms with Crippen molar-refractivity contribution in [1.82, 2.24) is 5.32 Å². The maximum atomic E-state index is 13.4. The van der Waals surface area contributed by atoms with Crippen molar-refractivity contribution in [3.63, 3.8) is 0 Å². The topological polar surface area (TPSA) is 121 Å². The molecule has 0 fully saturated rings. The van der Waals surface area contributed by atoms with Gasteiger partial charge in [-0.25, -0.2) is 4.79 Å². The number of ether oxygens (including phenoxy) is 2. The van der Waals surface area contributed by atoms with Crippen molar-refractivity contribution in [3.05, 3.63) is 119 Å². The molecule has 1 atom stereocenters. The van der Waals surface area contributed by atoms with E-state index in [1.807, 2.05) is 30.3 Å². The number of methoxy groups -OCH3 is 1. The standard InChI is InChI=1S/C30H25N3O5/c1-37-27-17-23(11-16-26(27)38-25-14-9-22(10-15-25)30(35)36)28(33-24-12-7-20(18-31)8-13-24)29(34)32-19-21-5-3-2-4-6-21/h2-17,28,33H,19H2,1H3,(H,32,34)(H,35,36). The van der Waals surface area contributed by atoms with Gasteiger partial charge in [0.25, 0.3) is 0 Å². The van der Waals surface area contributed by atoms with Gasteiger partial charge in [-0.05, 0) is 71.8 Å². The van der Waals surface area contributed by atoms with Crippen LogP contribution in [0.2, 0.25) is 0 Å². The minimum absolute atomic E-state index is 0.151. The molecule has 190 valence electrons. The number of anilines is 1. The smallest absolute Gasteiger partial charge is 0.335 e. The predicted molar refractivity (Wildman–Crippen MR) is 142 cm³/mol. The number of nitrogens with zero attached hydrogens (tertiary/aromatic N) is 1. The number of benzene rings is 4. The van der Waals surface area contributed by atoms with Crippen molar-refractivity contribution in [2.45, 2.75) is 12.6 Å². The minimum atomic E-state index is -1.02. The first-order valence-electron chi connectivity index (χ1n) is 11.7. The number of aromatic carboxylic acids is 1. The largest absolute Gasteiger partial charge is 0.493 e. The van der Waals surface area contributed by atoms with Crippen LogP contribution in [0.3, 0.4) is 0 Å². The first-order valence-corrected chi connectivity index (χ1v) is 11.7. The summed E-state index contributed by atoms with van der Waals surface area (Å²) in [5, 5.41) is 24.4. The fraction of sp³-hybridized carbons (Fsp3) is 0.100. The van der Waals surface area contributed by atoms with Gasteiger partial charge in [0.15, 0.2) is 11.5 Å². The summed E-state index contributed by atoms with van der Waals surface area (Å²) in [4.78, 5) is 24.5. The zero-order valence-corrected chi connectivity index (χ0v) is 20.5. The Kier molecular flexibility index (Phi) is 8.21. The van der Waals surface area contributed by atoms with Crippen molar-refractivity contribution in [2.24, 2.45) is 0 Å². The van der Waals surface area contributed by atoms with Crippen LogP contribution >= 0.6 is 0 Å². The summed E-state index contributed by atoms with van der Waals surface area (Å²) in [6, 6.07) is 28.9. The molecule has 1 amide bonds. The van der Waals surface area contributed by atoms with Crippen LogP contribution in [-0.4, -0.2) is 24.1 Å². The van der Waals surface area contributed by atoms with Gasteiger partial charge in [0.2, 0.25) is 5.91 Å². The average Bonchev–Trinajstić information content (AvgIpc) is 2.96. The molecule has 0 saturated heterocycles. The SMILES string of the molecule is COc1cc(C(Nc2ccc(C#N)cc2)C(=O)NCc2ccccc2)ccc1Oc1ccc(C(=O)O)cc1. The van der Waals surface area contributed by atoms with E-state index in [9.17, 15) is 9.59 Å². The van der Waals surface area contributed by atoms with E-state index in [-0.39, 0.29) is 11.5 Å². The van der Waals surface area contributed by atoms with Gasteiger partial charge in [0.1, 0.15) is 11.8 Å². The van der Waals surface area contributed by atoms with Crippen molar-refractivity contribution in [1.29, 1.82) is 5.26 Å². The Morgan fingerprint density at radius 1 is 0.921 bits per heavy atom. The van der Waals surface area contributed by atoms with Crippen LogP contribution in [0.1, 0.15) is 33.1 Å². The number of carboxylic acid groups (broad SMARTS) is 1. The molecule has 8 heteroatoms. The van der Waals surface area contributed by atoms with Crippen LogP contribution in [0.15, 0.2) is 97.1 Å². The summed E-state index contributed by atoms with van der Waals surface area (Å²) in [6.45, 7) is 0.357. The summed E-state index contributed by atoms with van der Waals surface area (Å²) in [6.07, 6.45) is 0. The number of carboxylic acids is 1. The van der Waals surface area contributed by atoms with Gasteiger partial charge in [-0.2, -0.15) is 5.26 Å². The summed E-state index contributed by atoms with van der Waals surface area (Å²) in [5.41, 5.74) is 2.93. The van der Waals surface area contributed by atoms with Crippen LogP contribution in [-0.2, 0) is 11.3 Å². The molecule has 0 aliphatic carbocycles. The monoisotopic (exact) mass is 507 g/mol. The van der Waals surface area contributed by atoms with Crippen LogP contribution in [0.25, 0.3) is 0 Å². The van der Waals surface area contributed by atoms with Crippen LogP contribution < -0.4 is 20.1 Å². The zero-order chi connectivity index (χ0) is 26.9. The molecule has 0 aliphatic heterocycles. The molecule has 8 nitrogen and oxygen atoms in total. The lowest BCUT2D eigenvalue weighted by Gasteiger charge is -2.21. The predicted octanol–water partition coefficient (Wildman–Crippen LogP) is 5.53. The molecule has 0 radical (unpaired) electrons. The second kappa shape index (κ2) is 12.1. The minimum Gasteiger partial charge on any atom is -0.493 e. The van der Waals surface area contributed by atoms with Crippen molar-refractivity contribution >= 4 is 17.6 Å². The first kappa shape index (κ1) is 25.8. The highest BCUT2D eigenvalue weighted by atomic mass is 16.5. The molecule has 1 unspecified atom stereocenters. The Bertz CT molecular complexity index is 1450. The van der Waals surface area contributed by atoms with E-state index < -0.39 is 12.0 Å². The Morgan fingerprint density at radius 2 is 1.63 bits per heavy atom. The van der Waals surface area contributed by atoms with Gasteiger partial charge in [-0.3, -0.25) is 4.79 Å². The Balaban J connectivity index is 1.59. The maximum absolute atomic E-state index is 13.4. The molecule has 38 heavy (non-hydrogen) atoms. The highest BCUT2D eigenvalue weighted by Gasteiger charge is 2.22. The van der Waals surface area contributed by atoms with E-state index in [1.165, 1.54) is 19.2 Å². The lowest BCUT2D eigenvalue weighted by molar-refractivity contribution is -0.122. The molecular weight excluding hydrogens is 482 g/mol. The van der Waals surface area contributed by atoms with Gasteiger partial charge in [0, 0.05) is 12.2 Å². The number of carbonyl (C=O) groups excluding carboxylic acids is 1. The molecule has 0 spiro atoms. The first-order chi connectivity index (χ1) is 18.5. The lowest BCUT2D eigenvalue weighted by Crippen LogP contribution is -2.33. The highest BCUT2D eigenvalue weighted by molar-refractivity contribution is 5.88. The van der Waals surface area contributed by atoms with Crippen molar-refractivity contribution in [2.75, 3.05) is 12.4 Å². The number of carbonyl (C=O) groups is 2. The lowest BCUT2D eigenvalue weighted by atomic mass is 10.0. The molecule has 0 aliphatic rings. The van der Waals surface area contributed by atoms with Gasteiger partial charge < -0.3 is 25.2 Å². The van der Waals surface area contributed by atoms with Crippen LogP contribution in [0.5, 0.6) is 17.2 Å². The van der Waals surface area contributed by atoms with Gasteiger partial charge in [-0.15, -0.1) is 0 Å². The Morgan fingerprint density at radius 3 is 2.26 bits per heavy atom. The second-order valence-electron chi connectivity index (χ2n) is 8.31. The molecular formula is C30H25N3O5. The van der Waals surface area contributed by atoms with E-state index in [1.54, 1.807) is 54.6 Å². The molecule has 3 N–H and O–H groups in total. The molecule has 0 saturated carbocycles. The van der Waals surface area contributed by atoms with Crippen molar-refractivity contribution in [3.8, 4) is 23.3 Å². The third-order valence-corrected chi connectivity index (χ3v) is 5.75. The fourth-order valence-corrected chi connectivity index (χ4v) is 3.74. The van der Waals surface area contributed by atoms with E-state index in [0.29, 0.717) is 40.6 Å². The van der Waals surface area contributed by atoms with E-state index in [0.717, 1.165) is 5.56 Å². The maximum Gasteiger partial charge on any atom is 0.335 e. The summed E-state index contributed by atoms with van der Waals surface area (Å²) >= 11 is 0. The van der Waals surface area contributed by atoms with Crippen LogP contribution in [0.4, 0.5) is 5.69 Å². The number of nitriles is 1. The summed E-state index contributed by atoms with van der Waals surface area (Å²) in [7, 11) is 1.50. The molecule has 0 bridgehead atoms. The normalized spacial score (nSPS) is 11.1. The third kappa shape index (κ3) is 6.47. The molecule has 0 heterocycles. The number of rotatable bonds is 10.